The molecule has 2 aliphatic rings. The molecule has 0 aromatic rings. The van der Waals surface area contributed by atoms with Crippen molar-refractivity contribution in [2.75, 3.05) is 13.1 Å². The largest absolute Gasteiger partial charge is 0.446 e. The first-order chi connectivity index (χ1) is 5.75. The fraction of sp³-hybridized carbons (Fsp3) is 0.889. The Morgan fingerprint density at radius 3 is 2.50 bits per heavy atom. The molecule has 0 bridgehead atoms. The molecule has 2 rings (SSSR count). The number of likely N-dealkylation sites (tertiary alicyclic amines) is 1. The van der Waals surface area contributed by atoms with E-state index in [1.807, 2.05) is 0 Å². The molecule has 1 saturated carbocycles. The van der Waals surface area contributed by atoms with E-state index in [0.717, 1.165) is 38.3 Å². The van der Waals surface area contributed by atoms with E-state index in [9.17, 15) is 4.79 Å². The summed E-state index contributed by atoms with van der Waals surface area (Å²) in [5.74, 6) is 0.749. The van der Waals surface area contributed by atoms with Gasteiger partial charge >= 0.3 is 6.09 Å². The van der Waals surface area contributed by atoms with Gasteiger partial charge < -0.3 is 9.64 Å². The van der Waals surface area contributed by atoms with E-state index in [0.29, 0.717) is 0 Å². The number of hydrogen-bond donors (Lipinski definition) is 0. The van der Waals surface area contributed by atoms with Crippen molar-refractivity contribution in [3.8, 4) is 0 Å². The van der Waals surface area contributed by atoms with Crippen molar-refractivity contribution in [3.63, 3.8) is 0 Å². The van der Waals surface area contributed by atoms with Gasteiger partial charge in [0.2, 0.25) is 0 Å². The van der Waals surface area contributed by atoms with Gasteiger partial charge in [0.1, 0.15) is 6.10 Å². The minimum absolute atomic E-state index is 0.0989. The average Bonchev–Trinajstić information content (AvgIpc) is 1.79. The van der Waals surface area contributed by atoms with E-state index in [2.05, 4.69) is 6.92 Å². The first-order valence-corrected chi connectivity index (χ1v) is 4.71. The first kappa shape index (κ1) is 7.90. The van der Waals surface area contributed by atoms with Gasteiger partial charge in [-0.25, -0.2) is 4.79 Å². The lowest BCUT2D eigenvalue weighted by atomic mass is 9.84. The second-order valence-corrected chi connectivity index (χ2v) is 3.92. The summed E-state index contributed by atoms with van der Waals surface area (Å²) in [5.41, 5.74) is 0. The van der Waals surface area contributed by atoms with Gasteiger partial charge in [0, 0.05) is 13.1 Å². The molecule has 1 aliphatic carbocycles. The smallest absolute Gasteiger partial charge is 0.410 e. The average molecular weight is 169 g/mol. The number of carbonyl (C=O) groups excluding carboxylic acids is 1. The SMILES string of the molecule is C[C@H]1C[C@@H](OC(=O)N2CCC2)C1. The topological polar surface area (TPSA) is 29.5 Å². The van der Waals surface area contributed by atoms with Crippen LogP contribution in [0.1, 0.15) is 26.2 Å². The quantitative estimate of drug-likeness (QED) is 0.597. The van der Waals surface area contributed by atoms with Crippen LogP contribution in [0.25, 0.3) is 0 Å². The highest BCUT2D eigenvalue weighted by Gasteiger charge is 2.31. The zero-order valence-electron chi connectivity index (χ0n) is 7.45. The Labute approximate surface area is 72.7 Å². The maximum atomic E-state index is 11.2. The van der Waals surface area contributed by atoms with Gasteiger partial charge in [-0.3, -0.25) is 0 Å². The first-order valence-electron chi connectivity index (χ1n) is 4.71. The lowest BCUT2D eigenvalue weighted by molar-refractivity contribution is -0.00547. The van der Waals surface area contributed by atoms with Crippen LogP contribution in [-0.2, 0) is 4.74 Å². The summed E-state index contributed by atoms with van der Waals surface area (Å²) in [6, 6.07) is 0. The van der Waals surface area contributed by atoms with Crippen LogP contribution in [0, 0.1) is 5.92 Å². The number of amides is 1. The van der Waals surface area contributed by atoms with Gasteiger partial charge in [0.15, 0.2) is 0 Å². The van der Waals surface area contributed by atoms with Gasteiger partial charge in [-0.05, 0) is 25.2 Å². The predicted molar refractivity (Wildman–Crippen MR) is 44.9 cm³/mol. The summed E-state index contributed by atoms with van der Waals surface area (Å²) in [6.07, 6.45) is 3.36. The molecular formula is C9H15NO2. The van der Waals surface area contributed by atoms with Crippen LogP contribution in [-0.4, -0.2) is 30.2 Å². The van der Waals surface area contributed by atoms with E-state index in [4.69, 9.17) is 4.74 Å². The highest BCUT2D eigenvalue weighted by molar-refractivity contribution is 5.68. The van der Waals surface area contributed by atoms with Gasteiger partial charge in [-0.2, -0.15) is 0 Å². The molecule has 1 heterocycles. The molecule has 0 aromatic carbocycles. The molecule has 2 fully saturated rings. The van der Waals surface area contributed by atoms with Crippen molar-refractivity contribution in [1.82, 2.24) is 4.90 Å². The molecule has 3 nitrogen and oxygen atoms in total. The molecule has 0 N–H and O–H groups in total. The van der Waals surface area contributed by atoms with Crippen molar-refractivity contribution >= 4 is 6.09 Å². The second kappa shape index (κ2) is 2.96. The Bertz CT molecular complexity index is 183. The highest BCUT2D eigenvalue weighted by atomic mass is 16.6. The number of rotatable bonds is 1. The third-order valence-corrected chi connectivity index (χ3v) is 2.71. The van der Waals surface area contributed by atoms with E-state index in [-0.39, 0.29) is 12.2 Å². The van der Waals surface area contributed by atoms with Crippen LogP contribution < -0.4 is 0 Å². The minimum atomic E-state index is -0.0989. The Hall–Kier alpha value is -0.730. The Kier molecular flexibility index (Phi) is 1.95. The fourth-order valence-electron chi connectivity index (χ4n) is 1.64. The van der Waals surface area contributed by atoms with Crippen molar-refractivity contribution in [2.45, 2.75) is 32.3 Å². The monoisotopic (exact) mass is 169 g/mol. The Morgan fingerprint density at radius 2 is 2.08 bits per heavy atom. The zero-order chi connectivity index (χ0) is 8.55. The van der Waals surface area contributed by atoms with Gasteiger partial charge in [0.05, 0.1) is 0 Å². The normalized spacial score (nSPS) is 33.6. The number of hydrogen-bond acceptors (Lipinski definition) is 2. The third-order valence-electron chi connectivity index (χ3n) is 2.71. The molecular weight excluding hydrogens is 154 g/mol. The maximum Gasteiger partial charge on any atom is 0.410 e. The number of carbonyl (C=O) groups is 1. The molecule has 0 unspecified atom stereocenters. The molecule has 0 aromatic heterocycles. The summed E-state index contributed by atoms with van der Waals surface area (Å²) < 4.78 is 5.25. The molecule has 12 heavy (non-hydrogen) atoms. The lowest BCUT2D eigenvalue weighted by Gasteiger charge is -2.36. The predicted octanol–water partition coefficient (Wildman–Crippen LogP) is 1.63. The summed E-state index contributed by atoms with van der Waals surface area (Å²) in [7, 11) is 0. The number of ether oxygens (including phenoxy) is 1. The van der Waals surface area contributed by atoms with E-state index in [1.54, 1.807) is 4.90 Å². The highest BCUT2D eigenvalue weighted by Crippen LogP contribution is 2.29. The number of nitrogens with zero attached hydrogens (tertiary/aromatic N) is 1. The fourth-order valence-corrected chi connectivity index (χ4v) is 1.64. The summed E-state index contributed by atoms with van der Waals surface area (Å²) in [5, 5.41) is 0. The van der Waals surface area contributed by atoms with E-state index >= 15 is 0 Å². The molecule has 3 heteroatoms. The maximum absolute atomic E-state index is 11.2. The van der Waals surface area contributed by atoms with E-state index < -0.39 is 0 Å². The third kappa shape index (κ3) is 1.40. The van der Waals surface area contributed by atoms with Crippen molar-refractivity contribution in [3.05, 3.63) is 0 Å². The molecule has 68 valence electrons. The van der Waals surface area contributed by atoms with Gasteiger partial charge in [-0.1, -0.05) is 6.92 Å². The zero-order valence-corrected chi connectivity index (χ0v) is 7.45. The van der Waals surface area contributed by atoms with Crippen LogP contribution in [0.3, 0.4) is 0 Å². The van der Waals surface area contributed by atoms with Crippen molar-refractivity contribution < 1.29 is 9.53 Å². The van der Waals surface area contributed by atoms with Crippen LogP contribution >= 0.6 is 0 Å². The van der Waals surface area contributed by atoms with Gasteiger partial charge in [0.25, 0.3) is 0 Å². The molecule has 1 amide bonds. The summed E-state index contributed by atoms with van der Waals surface area (Å²) in [4.78, 5) is 13.0. The molecule has 0 atom stereocenters. The van der Waals surface area contributed by atoms with Crippen molar-refractivity contribution in [2.24, 2.45) is 5.92 Å². The lowest BCUT2D eigenvalue weighted by Crippen LogP contribution is -2.45. The summed E-state index contributed by atoms with van der Waals surface area (Å²) >= 11 is 0. The van der Waals surface area contributed by atoms with Crippen LogP contribution in [0.2, 0.25) is 0 Å². The second-order valence-electron chi connectivity index (χ2n) is 3.92. The van der Waals surface area contributed by atoms with Crippen LogP contribution in [0.4, 0.5) is 4.79 Å². The summed E-state index contributed by atoms with van der Waals surface area (Å²) in [6.45, 7) is 3.97. The van der Waals surface area contributed by atoms with Gasteiger partial charge in [-0.15, -0.1) is 0 Å². The molecule has 0 spiro atoms. The standard InChI is InChI=1S/C9H15NO2/c1-7-5-8(6-7)12-9(11)10-3-2-4-10/h7-8H,2-6H2,1H3/t7-,8+. The minimum Gasteiger partial charge on any atom is -0.446 e. The molecule has 1 saturated heterocycles. The molecule has 0 radical (unpaired) electrons. The Balaban J connectivity index is 1.69. The Morgan fingerprint density at radius 1 is 1.42 bits per heavy atom. The van der Waals surface area contributed by atoms with E-state index in [1.165, 1.54) is 0 Å². The molecule has 1 aliphatic heterocycles. The van der Waals surface area contributed by atoms with Crippen LogP contribution in [0.15, 0.2) is 0 Å². The van der Waals surface area contributed by atoms with Crippen LogP contribution in [0.5, 0.6) is 0 Å². The van der Waals surface area contributed by atoms with Crippen molar-refractivity contribution in [1.29, 1.82) is 0 Å².